The molecule has 0 radical (unpaired) electrons. The smallest absolute Gasteiger partial charge is 0.433 e. The molecule has 0 N–H and O–H groups in total. The van der Waals surface area contributed by atoms with Gasteiger partial charge in [-0.1, -0.05) is 12.1 Å². The molecule has 3 aromatic rings. The molecule has 0 aliphatic heterocycles. The third-order valence-corrected chi connectivity index (χ3v) is 2.84. The largest absolute Gasteiger partial charge is 0.480 e. The number of nitro groups is 1. The topological polar surface area (TPSA) is 102 Å². The zero-order valence-corrected chi connectivity index (χ0v) is 10.6. The summed E-state index contributed by atoms with van der Waals surface area (Å²) in [5.41, 5.74) is 0.537. The first kappa shape index (κ1) is 12.7. The molecule has 0 saturated heterocycles. The molecule has 0 fully saturated rings. The van der Waals surface area contributed by atoms with Gasteiger partial charge in [0.25, 0.3) is 0 Å². The SMILES string of the molecule is N#Cc1oc2ccccc2c1OCc1ccc([N+](=O)[O-])o1. The number of rotatable bonds is 4. The Morgan fingerprint density at radius 3 is 2.76 bits per heavy atom. The fourth-order valence-electron chi connectivity index (χ4n) is 1.92. The molecule has 2 heterocycles. The highest BCUT2D eigenvalue weighted by Crippen LogP contribution is 2.33. The van der Waals surface area contributed by atoms with Crippen LogP contribution in [0.2, 0.25) is 0 Å². The van der Waals surface area contributed by atoms with E-state index in [4.69, 9.17) is 18.8 Å². The molecule has 0 atom stereocenters. The lowest BCUT2D eigenvalue weighted by Gasteiger charge is -2.01. The highest BCUT2D eigenvalue weighted by Gasteiger charge is 2.17. The van der Waals surface area contributed by atoms with E-state index in [1.807, 2.05) is 6.07 Å². The van der Waals surface area contributed by atoms with Crippen LogP contribution in [0.3, 0.4) is 0 Å². The molecule has 0 bridgehead atoms. The van der Waals surface area contributed by atoms with Crippen molar-refractivity contribution in [3.05, 3.63) is 58.0 Å². The van der Waals surface area contributed by atoms with E-state index in [9.17, 15) is 10.1 Å². The Labute approximate surface area is 118 Å². The van der Waals surface area contributed by atoms with Crippen LogP contribution >= 0.6 is 0 Å². The van der Waals surface area contributed by atoms with Crippen LogP contribution in [-0.2, 0) is 6.61 Å². The first-order valence-corrected chi connectivity index (χ1v) is 5.96. The van der Waals surface area contributed by atoms with Gasteiger partial charge < -0.3 is 13.6 Å². The number of hydrogen-bond donors (Lipinski definition) is 0. The van der Waals surface area contributed by atoms with Crippen molar-refractivity contribution in [2.45, 2.75) is 6.61 Å². The average Bonchev–Trinajstić information content (AvgIpc) is 3.09. The zero-order valence-electron chi connectivity index (χ0n) is 10.6. The van der Waals surface area contributed by atoms with Gasteiger partial charge in [0, 0.05) is 0 Å². The summed E-state index contributed by atoms with van der Waals surface area (Å²) in [7, 11) is 0. The molecule has 0 aliphatic carbocycles. The highest BCUT2D eigenvalue weighted by atomic mass is 16.6. The predicted molar refractivity (Wildman–Crippen MR) is 70.6 cm³/mol. The summed E-state index contributed by atoms with van der Waals surface area (Å²) in [6.07, 6.45) is 0. The van der Waals surface area contributed by atoms with E-state index in [1.54, 1.807) is 24.3 Å². The molecular formula is C14H8N2O5. The van der Waals surface area contributed by atoms with Gasteiger partial charge in [0.15, 0.2) is 5.75 Å². The molecule has 0 spiro atoms. The quantitative estimate of drug-likeness (QED) is 0.537. The predicted octanol–water partition coefficient (Wildman–Crippen LogP) is 3.38. The van der Waals surface area contributed by atoms with Crippen molar-refractivity contribution in [1.29, 1.82) is 5.26 Å². The summed E-state index contributed by atoms with van der Waals surface area (Å²) < 4.78 is 15.9. The third kappa shape index (κ3) is 2.30. The summed E-state index contributed by atoms with van der Waals surface area (Å²) in [6.45, 7) is -0.0357. The Balaban J connectivity index is 1.87. The first-order valence-electron chi connectivity index (χ1n) is 5.96. The first-order chi connectivity index (χ1) is 10.2. The van der Waals surface area contributed by atoms with Crippen LogP contribution < -0.4 is 4.74 Å². The van der Waals surface area contributed by atoms with Crippen molar-refractivity contribution in [2.24, 2.45) is 0 Å². The van der Waals surface area contributed by atoms with Crippen molar-refractivity contribution in [3.63, 3.8) is 0 Å². The lowest BCUT2D eigenvalue weighted by atomic mass is 10.2. The number of ether oxygens (including phenoxy) is 1. The van der Waals surface area contributed by atoms with E-state index in [-0.39, 0.29) is 24.0 Å². The maximum atomic E-state index is 10.5. The lowest BCUT2D eigenvalue weighted by Crippen LogP contribution is -1.94. The van der Waals surface area contributed by atoms with E-state index in [2.05, 4.69) is 0 Å². The monoisotopic (exact) mass is 284 g/mol. The van der Waals surface area contributed by atoms with Crippen LogP contribution in [0.25, 0.3) is 11.0 Å². The average molecular weight is 284 g/mol. The Hall–Kier alpha value is -3.27. The molecule has 7 heteroatoms. The molecule has 0 saturated carbocycles. The summed E-state index contributed by atoms with van der Waals surface area (Å²) in [5.74, 6) is 0.284. The summed E-state index contributed by atoms with van der Waals surface area (Å²) in [4.78, 5) is 9.91. The Bertz CT molecular complexity index is 856. The molecule has 1 aromatic carbocycles. The minimum absolute atomic E-state index is 0.0357. The zero-order chi connectivity index (χ0) is 14.8. The van der Waals surface area contributed by atoms with Gasteiger partial charge >= 0.3 is 5.88 Å². The number of furan rings is 2. The van der Waals surface area contributed by atoms with Crippen molar-refractivity contribution in [1.82, 2.24) is 0 Å². The minimum Gasteiger partial charge on any atom is -0.480 e. The molecule has 104 valence electrons. The molecular weight excluding hydrogens is 276 g/mol. The summed E-state index contributed by atoms with van der Waals surface area (Å²) in [6, 6.07) is 11.7. The number of benzene rings is 1. The normalized spacial score (nSPS) is 10.4. The summed E-state index contributed by atoms with van der Waals surface area (Å²) in [5, 5.41) is 20.3. The van der Waals surface area contributed by atoms with Gasteiger partial charge in [0.1, 0.15) is 28.9 Å². The van der Waals surface area contributed by atoms with E-state index < -0.39 is 4.92 Å². The lowest BCUT2D eigenvalue weighted by molar-refractivity contribution is -0.402. The van der Waals surface area contributed by atoms with Crippen LogP contribution in [0, 0.1) is 21.4 Å². The molecule has 3 rings (SSSR count). The number of hydrogen-bond acceptors (Lipinski definition) is 6. The van der Waals surface area contributed by atoms with Gasteiger partial charge in [-0.25, -0.2) is 0 Å². The number of para-hydroxylation sites is 1. The van der Waals surface area contributed by atoms with Crippen molar-refractivity contribution in [3.8, 4) is 11.8 Å². The van der Waals surface area contributed by atoms with E-state index in [1.165, 1.54) is 12.1 Å². The van der Waals surface area contributed by atoms with Crippen molar-refractivity contribution < 1.29 is 18.5 Å². The third-order valence-electron chi connectivity index (χ3n) is 2.84. The number of fused-ring (bicyclic) bond motifs is 1. The van der Waals surface area contributed by atoms with Gasteiger partial charge in [-0.15, -0.1) is 0 Å². The minimum atomic E-state index is -0.628. The second kappa shape index (κ2) is 5.02. The highest BCUT2D eigenvalue weighted by molar-refractivity contribution is 5.86. The molecule has 2 aromatic heterocycles. The van der Waals surface area contributed by atoms with Gasteiger partial charge in [-0.2, -0.15) is 5.26 Å². The van der Waals surface area contributed by atoms with Gasteiger partial charge in [0.05, 0.1) is 11.5 Å². The number of nitriles is 1. The van der Waals surface area contributed by atoms with Crippen molar-refractivity contribution in [2.75, 3.05) is 0 Å². The van der Waals surface area contributed by atoms with Gasteiger partial charge in [-0.3, -0.25) is 10.1 Å². The molecule has 0 aliphatic rings. The fourth-order valence-corrected chi connectivity index (χ4v) is 1.92. The Morgan fingerprint density at radius 2 is 2.05 bits per heavy atom. The molecule has 0 unspecified atom stereocenters. The van der Waals surface area contributed by atoms with E-state index in [0.29, 0.717) is 16.7 Å². The molecule has 0 amide bonds. The maximum Gasteiger partial charge on any atom is 0.433 e. The Kier molecular flexibility index (Phi) is 3.04. The van der Waals surface area contributed by atoms with Crippen LogP contribution in [0.5, 0.6) is 5.75 Å². The second-order valence-corrected chi connectivity index (χ2v) is 4.15. The van der Waals surface area contributed by atoms with Crippen LogP contribution in [0.1, 0.15) is 11.5 Å². The van der Waals surface area contributed by atoms with Crippen molar-refractivity contribution >= 4 is 16.9 Å². The van der Waals surface area contributed by atoms with Gasteiger partial charge in [0.2, 0.25) is 5.76 Å². The van der Waals surface area contributed by atoms with Crippen LogP contribution in [0.15, 0.2) is 45.2 Å². The second-order valence-electron chi connectivity index (χ2n) is 4.15. The number of nitrogens with zero attached hydrogens (tertiary/aromatic N) is 2. The molecule has 21 heavy (non-hydrogen) atoms. The van der Waals surface area contributed by atoms with E-state index in [0.717, 1.165) is 0 Å². The van der Waals surface area contributed by atoms with Crippen LogP contribution in [-0.4, -0.2) is 4.92 Å². The maximum absolute atomic E-state index is 10.5. The molecule has 7 nitrogen and oxygen atoms in total. The van der Waals surface area contributed by atoms with Crippen LogP contribution in [0.4, 0.5) is 5.88 Å². The van der Waals surface area contributed by atoms with Gasteiger partial charge in [-0.05, 0) is 18.2 Å². The fraction of sp³-hybridized carbons (Fsp3) is 0.0714. The summed E-state index contributed by atoms with van der Waals surface area (Å²) >= 11 is 0. The van der Waals surface area contributed by atoms with E-state index >= 15 is 0 Å². The Morgan fingerprint density at radius 1 is 1.24 bits per heavy atom. The standard InChI is InChI=1S/C14H8N2O5/c15-7-12-14(10-3-1-2-4-11(10)21-12)19-8-9-5-6-13(20-9)16(17)18/h1-6H,8H2.